The summed E-state index contributed by atoms with van der Waals surface area (Å²) in [4.78, 5) is 12.9. The zero-order chi connectivity index (χ0) is 19.8. The minimum atomic E-state index is -2.80. The predicted molar refractivity (Wildman–Crippen MR) is 107 cm³/mol. The summed E-state index contributed by atoms with van der Waals surface area (Å²) < 4.78 is 22.7. The van der Waals surface area contributed by atoms with Gasteiger partial charge in [-0.05, 0) is 29.5 Å². The maximum absolute atomic E-state index is 12.9. The molecule has 0 aromatic carbocycles. The monoisotopic (exact) mass is 392 g/mol. The van der Waals surface area contributed by atoms with Gasteiger partial charge in [0, 0.05) is 27.4 Å². The number of rotatable bonds is 12. The van der Waals surface area contributed by atoms with E-state index in [1.54, 1.807) is 21.3 Å². The molecule has 0 aromatic rings. The van der Waals surface area contributed by atoms with Crippen LogP contribution in [0.5, 0.6) is 0 Å². The van der Waals surface area contributed by atoms with Crippen LogP contribution in [0.15, 0.2) is 0 Å². The minimum absolute atomic E-state index is 0.135. The van der Waals surface area contributed by atoms with Crippen molar-refractivity contribution in [1.82, 2.24) is 0 Å². The van der Waals surface area contributed by atoms with Crippen molar-refractivity contribution in [3.8, 4) is 0 Å². The molecule has 0 radical (unpaired) electrons. The van der Waals surface area contributed by atoms with E-state index >= 15 is 0 Å². The van der Waals surface area contributed by atoms with E-state index in [2.05, 4.69) is 41.5 Å². The first kappa shape index (κ1) is 24.8. The zero-order valence-corrected chi connectivity index (χ0v) is 20.0. The molecular weight excluding hydrogens is 352 g/mol. The smallest absolute Gasteiger partial charge is 0.501 e. The number of hydrogen-bond donors (Lipinski definition) is 0. The van der Waals surface area contributed by atoms with Gasteiger partial charge in [-0.2, -0.15) is 0 Å². The van der Waals surface area contributed by atoms with Crippen molar-refractivity contribution in [2.45, 2.75) is 72.1 Å². The van der Waals surface area contributed by atoms with Crippen LogP contribution >= 0.6 is 0 Å². The van der Waals surface area contributed by atoms with E-state index in [-0.39, 0.29) is 11.9 Å². The minimum Gasteiger partial charge on any atom is -0.519 e. The van der Waals surface area contributed by atoms with Gasteiger partial charge in [0.05, 0.1) is 5.92 Å². The second-order valence-electron chi connectivity index (χ2n) is 8.24. The maximum Gasteiger partial charge on any atom is 0.501 e. The fraction of sp³-hybridized carbons (Fsp3) is 0.944. The molecule has 0 N–H and O–H groups in total. The van der Waals surface area contributed by atoms with Crippen molar-refractivity contribution >= 4 is 23.1 Å². The summed E-state index contributed by atoms with van der Waals surface area (Å²) in [6.45, 7) is 15.1. The highest BCUT2D eigenvalue weighted by Crippen LogP contribution is 2.37. The molecule has 0 aliphatic heterocycles. The van der Waals surface area contributed by atoms with Gasteiger partial charge < -0.3 is 17.7 Å². The van der Waals surface area contributed by atoms with Gasteiger partial charge in [-0.3, -0.25) is 4.79 Å². The molecule has 0 saturated carbocycles. The van der Waals surface area contributed by atoms with Crippen LogP contribution in [0.1, 0.15) is 48.5 Å². The van der Waals surface area contributed by atoms with Crippen molar-refractivity contribution < 1.29 is 22.5 Å². The normalized spacial score (nSPS) is 14.4. The number of carbonyl (C=O) groups is 1. The Morgan fingerprint density at radius 3 is 1.44 bits per heavy atom. The Kier molecular flexibility index (Phi) is 10.7. The molecule has 0 fully saturated rings. The molecule has 0 aliphatic carbocycles. The second-order valence-corrected chi connectivity index (χ2v) is 15.5. The second kappa shape index (κ2) is 10.8. The zero-order valence-electron chi connectivity index (χ0n) is 18.0. The molecule has 0 saturated heterocycles. The third kappa shape index (κ3) is 7.50. The highest BCUT2D eigenvalue weighted by atomic mass is 28.4. The summed E-state index contributed by atoms with van der Waals surface area (Å²) in [6.07, 6.45) is 0. The summed E-state index contributed by atoms with van der Waals surface area (Å²) in [5, 5.41) is 0. The molecule has 1 unspecified atom stereocenters. The van der Waals surface area contributed by atoms with E-state index in [1.165, 1.54) is 0 Å². The summed E-state index contributed by atoms with van der Waals surface area (Å²) in [5.74, 6) is 0.587. The van der Waals surface area contributed by atoms with Crippen LogP contribution in [-0.4, -0.2) is 44.4 Å². The first-order valence-electron chi connectivity index (χ1n) is 9.35. The molecule has 25 heavy (non-hydrogen) atoms. The maximum atomic E-state index is 12.9. The Morgan fingerprint density at radius 2 is 1.16 bits per heavy atom. The Morgan fingerprint density at radius 1 is 0.760 bits per heavy atom. The van der Waals surface area contributed by atoms with Crippen LogP contribution in [0.25, 0.3) is 0 Å². The Labute approximate surface area is 157 Å². The summed E-state index contributed by atoms with van der Waals surface area (Å²) in [7, 11) is -0.268. The molecule has 5 nitrogen and oxygen atoms in total. The number of hydrogen-bond acceptors (Lipinski definition) is 5. The molecule has 0 amide bonds. The average molecular weight is 393 g/mol. The topological polar surface area (TPSA) is 54.0 Å². The van der Waals surface area contributed by atoms with E-state index in [4.69, 9.17) is 17.7 Å². The van der Waals surface area contributed by atoms with Gasteiger partial charge in [0.2, 0.25) is 0 Å². The van der Waals surface area contributed by atoms with Crippen LogP contribution in [-0.2, 0) is 22.5 Å². The van der Waals surface area contributed by atoms with Gasteiger partial charge in [0.25, 0.3) is 14.3 Å². The van der Waals surface area contributed by atoms with Crippen molar-refractivity contribution in [3.63, 3.8) is 0 Å². The van der Waals surface area contributed by atoms with Gasteiger partial charge in [-0.15, -0.1) is 0 Å². The predicted octanol–water partition coefficient (Wildman–Crippen LogP) is 4.71. The number of carbonyl (C=O) groups excluding carboxylic acids is 1. The molecular formula is C18H40O5Si2. The Hall–Kier alpha value is -0.216. The lowest BCUT2D eigenvalue weighted by atomic mass is 10.2. The van der Waals surface area contributed by atoms with Crippen molar-refractivity contribution in [3.05, 3.63) is 0 Å². The summed E-state index contributed by atoms with van der Waals surface area (Å²) in [5.41, 5.74) is 0.391. The quantitative estimate of drug-likeness (QED) is 0.450. The van der Waals surface area contributed by atoms with Crippen molar-refractivity contribution in [1.29, 1.82) is 0 Å². The van der Waals surface area contributed by atoms with E-state index in [1.807, 2.05) is 6.92 Å². The van der Waals surface area contributed by atoms with Crippen molar-refractivity contribution in [2.24, 2.45) is 17.8 Å². The SMILES string of the molecule is CO[Si](CC(C)C(=O)O[Si](CC(C)C)(CC(C)C)C(C)C)(OC)OC. The fourth-order valence-corrected chi connectivity index (χ4v) is 10.2. The lowest BCUT2D eigenvalue weighted by Gasteiger charge is -2.38. The third-order valence-corrected chi connectivity index (χ3v) is 13.5. The first-order chi connectivity index (χ1) is 11.5. The molecule has 1 atom stereocenters. The van der Waals surface area contributed by atoms with E-state index in [0.29, 0.717) is 23.4 Å². The third-order valence-electron chi connectivity index (χ3n) is 4.76. The first-order valence-corrected chi connectivity index (χ1v) is 13.7. The summed E-state index contributed by atoms with van der Waals surface area (Å²) >= 11 is 0. The molecule has 0 spiro atoms. The van der Waals surface area contributed by atoms with Crippen LogP contribution in [0.4, 0.5) is 0 Å². The van der Waals surface area contributed by atoms with Gasteiger partial charge in [0.15, 0.2) is 0 Å². The summed E-state index contributed by atoms with van der Waals surface area (Å²) in [6, 6.07) is 2.44. The van der Waals surface area contributed by atoms with E-state index in [0.717, 1.165) is 12.1 Å². The lowest BCUT2D eigenvalue weighted by Crippen LogP contribution is -2.49. The van der Waals surface area contributed by atoms with Crippen LogP contribution in [0.2, 0.25) is 23.7 Å². The van der Waals surface area contributed by atoms with E-state index in [9.17, 15) is 4.79 Å². The molecule has 0 aliphatic rings. The van der Waals surface area contributed by atoms with Crippen LogP contribution < -0.4 is 0 Å². The van der Waals surface area contributed by atoms with Gasteiger partial charge in [-0.1, -0.05) is 48.5 Å². The van der Waals surface area contributed by atoms with E-state index < -0.39 is 17.1 Å². The molecule has 0 heterocycles. The Balaban J connectivity index is 5.36. The standard InChI is InChI=1S/C18H40O5Si2/c1-14(2)11-24(16(5)6,12-15(3)4)23-18(19)17(7)13-25(20-8,21-9)22-10/h14-17H,11-13H2,1-10H3. The highest BCUT2D eigenvalue weighted by molar-refractivity contribution is 6.76. The lowest BCUT2D eigenvalue weighted by molar-refractivity contribution is -0.139. The molecule has 150 valence electrons. The molecule has 0 aromatic heterocycles. The van der Waals surface area contributed by atoms with Gasteiger partial charge in [-0.25, -0.2) is 0 Å². The highest BCUT2D eigenvalue weighted by Gasteiger charge is 2.46. The Bertz CT molecular complexity index is 377. The largest absolute Gasteiger partial charge is 0.519 e. The van der Waals surface area contributed by atoms with Gasteiger partial charge >= 0.3 is 8.80 Å². The molecule has 7 heteroatoms. The van der Waals surface area contributed by atoms with Crippen LogP contribution in [0.3, 0.4) is 0 Å². The fourth-order valence-electron chi connectivity index (χ4n) is 3.40. The van der Waals surface area contributed by atoms with Crippen molar-refractivity contribution in [2.75, 3.05) is 21.3 Å². The van der Waals surface area contributed by atoms with Gasteiger partial charge in [0.1, 0.15) is 0 Å². The molecule has 0 bridgehead atoms. The molecule has 0 rings (SSSR count). The van der Waals surface area contributed by atoms with Crippen LogP contribution in [0, 0.1) is 17.8 Å². The average Bonchev–Trinajstić information content (AvgIpc) is 2.50.